The highest BCUT2D eigenvalue weighted by Crippen LogP contribution is 2.40. The van der Waals surface area contributed by atoms with Crippen LogP contribution in [0.3, 0.4) is 0 Å². The second-order valence-corrected chi connectivity index (χ2v) is 6.72. The molecular formula is C15H15NO2S2. The average molecular weight is 305 g/mol. The molecule has 0 fully saturated rings. The van der Waals surface area contributed by atoms with E-state index in [1.165, 1.54) is 18.4 Å². The van der Waals surface area contributed by atoms with E-state index in [-0.39, 0.29) is 5.97 Å². The van der Waals surface area contributed by atoms with Crippen molar-refractivity contribution in [3.05, 3.63) is 38.4 Å². The number of ether oxygens (including phenoxy) is 1. The molecule has 2 aromatic rings. The van der Waals surface area contributed by atoms with Crippen molar-refractivity contribution in [3.63, 3.8) is 0 Å². The smallest absolute Gasteiger partial charge is 0.341 e. The third kappa shape index (κ3) is 2.55. The summed E-state index contributed by atoms with van der Waals surface area (Å²) in [5, 5.41) is 2.80. The van der Waals surface area contributed by atoms with E-state index in [0.717, 1.165) is 34.7 Å². The molecule has 0 radical (unpaired) electrons. The second-order valence-electron chi connectivity index (χ2n) is 4.66. The minimum Gasteiger partial charge on any atom is -0.465 e. The van der Waals surface area contributed by atoms with E-state index in [4.69, 9.17) is 4.74 Å². The minimum atomic E-state index is -0.261. The second kappa shape index (κ2) is 5.89. The maximum atomic E-state index is 12.0. The normalized spacial score (nSPS) is 14.4. The summed E-state index contributed by atoms with van der Waals surface area (Å²) < 4.78 is 4.93. The maximum Gasteiger partial charge on any atom is 0.341 e. The van der Waals surface area contributed by atoms with E-state index in [0.29, 0.717) is 5.56 Å². The quantitative estimate of drug-likeness (QED) is 0.629. The van der Waals surface area contributed by atoms with Crippen molar-refractivity contribution in [1.82, 2.24) is 0 Å². The van der Waals surface area contributed by atoms with Crippen molar-refractivity contribution >= 4 is 39.9 Å². The molecule has 0 N–H and O–H groups in total. The molecule has 3 nitrogen and oxygen atoms in total. The van der Waals surface area contributed by atoms with Gasteiger partial charge in [0.05, 0.1) is 12.7 Å². The topological polar surface area (TPSA) is 38.7 Å². The van der Waals surface area contributed by atoms with Crippen LogP contribution in [0.15, 0.2) is 22.5 Å². The molecule has 20 heavy (non-hydrogen) atoms. The van der Waals surface area contributed by atoms with E-state index in [2.05, 4.69) is 4.99 Å². The Labute approximate surface area is 125 Å². The largest absolute Gasteiger partial charge is 0.465 e. The number of rotatable bonds is 3. The van der Waals surface area contributed by atoms with Gasteiger partial charge in [0.15, 0.2) is 0 Å². The molecule has 2 aromatic heterocycles. The number of carbonyl (C=O) groups excluding carboxylic acids is 1. The third-order valence-corrected chi connectivity index (χ3v) is 5.40. The number of thiophene rings is 2. The molecule has 0 aliphatic heterocycles. The highest BCUT2D eigenvalue weighted by Gasteiger charge is 2.25. The Hall–Kier alpha value is -1.46. The lowest BCUT2D eigenvalue weighted by atomic mass is 9.95. The van der Waals surface area contributed by atoms with Gasteiger partial charge >= 0.3 is 5.97 Å². The molecule has 2 heterocycles. The standard InChI is InChI=1S/C15H15NO2S2/c1-18-15(17)13-11-6-2-3-7-12(11)20-14(13)16-9-10-5-4-8-19-10/h4-5,8-9H,2-3,6-7H2,1H3/b16-9+. The van der Waals surface area contributed by atoms with Gasteiger partial charge in [-0.3, -0.25) is 0 Å². The number of hydrogen-bond acceptors (Lipinski definition) is 5. The number of fused-ring (bicyclic) bond motifs is 1. The maximum absolute atomic E-state index is 12.0. The zero-order valence-electron chi connectivity index (χ0n) is 11.2. The molecule has 1 aliphatic rings. The SMILES string of the molecule is COC(=O)c1c(/N=C/c2cccs2)sc2c1CCCC2. The Bertz CT molecular complexity index is 641. The van der Waals surface area contributed by atoms with E-state index in [1.807, 2.05) is 23.7 Å². The summed E-state index contributed by atoms with van der Waals surface area (Å²) in [6.45, 7) is 0. The van der Waals surface area contributed by atoms with Crippen molar-refractivity contribution in [2.24, 2.45) is 4.99 Å². The van der Waals surface area contributed by atoms with Gasteiger partial charge in [0.25, 0.3) is 0 Å². The van der Waals surface area contributed by atoms with Crippen LogP contribution in [-0.4, -0.2) is 19.3 Å². The van der Waals surface area contributed by atoms with Crippen molar-refractivity contribution in [1.29, 1.82) is 0 Å². The summed E-state index contributed by atoms with van der Waals surface area (Å²) in [5.41, 5.74) is 1.84. The first-order valence-electron chi connectivity index (χ1n) is 6.60. The molecule has 1 aliphatic carbocycles. The Morgan fingerprint density at radius 3 is 3.00 bits per heavy atom. The van der Waals surface area contributed by atoms with Gasteiger partial charge in [-0.2, -0.15) is 0 Å². The third-order valence-electron chi connectivity index (χ3n) is 3.39. The lowest BCUT2D eigenvalue weighted by Crippen LogP contribution is -2.07. The van der Waals surface area contributed by atoms with Gasteiger partial charge in [-0.05, 0) is 42.7 Å². The van der Waals surface area contributed by atoms with Crippen molar-refractivity contribution in [2.75, 3.05) is 7.11 Å². The van der Waals surface area contributed by atoms with Crippen LogP contribution in [0.1, 0.15) is 38.5 Å². The van der Waals surface area contributed by atoms with Crippen molar-refractivity contribution < 1.29 is 9.53 Å². The summed E-state index contributed by atoms with van der Waals surface area (Å²) in [6, 6.07) is 4.01. The Morgan fingerprint density at radius 1 is 1.40 bits per heavy atom. The van der Waals surface area contributed by atoms with E-state index in [9.17, 15) is 4.79 Å². The van der Waals surface area contributed by atoms with Crippen LogP contribution >= 0.6 is 22.7 Å². The Morgan fingerprint density at radius 2 is 2.25 bits per heavy atom. The molecule has 0 bridgehead atoms. The van der Waals surface area contributed by atoms with Crippen LogP contribution < -0.4 is 0 Å². The number of hydrogen-bond donors (Lipinski definition) is 0. The molecule has 3 rings (SSSR count). The Kier molecular flexibility index (Phi) is 3.98. The zero-order chi connectivity index (χ0) is 13.9. The molecule has 0 aromatic carbocycles. The van der Waals surface area contributed by atoms with Crippen LogP contribution in [0.5, 0.6) is 0 Å². The van der Waals surface area contributed by atoms with Gasteiger partial charge in [-0.1, -0.05) is 6.07 Å². The molecule has 5 heteroatoms. The summed E-state index contributed by atoms with van der Waals surface area (Å²) in [7, 11) is 1.43. The van der Waals surface area contributed by atoms with Crippen LogP contribution in [-0.2, 0) is 17.6 Å². The van der Waals surface area contributed by atoms with Crippen molar-refractivity contribution in [3.8, 4) is 0 Å². The summed E-state index contributed by atoms with van der Waals surface area (Å²) in [4.78, 5) is 19.0. The van der Waals surface area contributed by atoms with Gasteiger partial charge in [0.2, 0.25) is 0 Å². The highest BCUT2D eigenvalue weighted by molar-refractivity contribution is 7.16. The van der Waals surface area contributed by atoms with Crippen LogP contribution in [0, 0.1) is 0 Å². The van der Waals surface area contributed by atoms with Crippen LogP contribution in [0.25, 0.3) is 0 Å². The van der Waals surface area contributed by atoms with Crippen molar-refractivity contribution in [2.45, 2.75) is 25.7 Å². The molecule has 0 spiro atoms. The molecule has 0 unspecified atom stereocenters. The monoisotopic (exact) mass is 305 g/mol. The lowest BCUT2D eigenvalue weighted by Gasteiger charge is -2.11. The van der Waals surface area contributed by atoms with Gasteiger partial charge in [0.1, 0.15) is 5.00 Å². The Balaban J connectivity index is 2.01. The fourth-order valence-electron chi connectivity index (χ4n) is 2.44. The number of aryl methyl sites for hydroxylation is 1. The number of carbonyl (C=O) groups is 1. The van der Waals surface area contributed by atoms with Gasteiger partial charge in [0, 0.05) is 16.0 Å². The average Bonchev–Trinajstić information content (AvgIpc) is 3.11. The first-order chi connectivity index (χ1) is 9.79. The summed E-state index contributed by atoms with van der Waals surface area (Å²) in [5.74, 6) is -0.261. The fraction of sp³-hybridized carbons (Fsp3) is 0.333. The number of methoxy groups -OCH3 is 1. The molecule has 0 saturated carbocycles. The summed E-state index contributed by atoms with van der Waals surface area (Å²) >= 11 is 3.27. The number of nitrogens with zero attached hydrogens (tertiary/aromatic N) is 1. The van der Waals surface area contributed by atoms with Crippen LogP contribution in [0.2, 0.25) is 0 Å². The summed E-state index contributed by atoms with van der Waals surface area (Å²) in [6.07, 6.45) is 6.18. The minimum absolute atomic E-state index is 0.261. The molecule has 0 saturated heterocycles. The van der Waals surface area contributed by atoms with Gasteiger partial charge in [-0.25, -0.2) is 9.79 Å². The van der Waals surface area contributed by atoms with Gasteiger partial charge < -0.3 is 4.74 Å². The first kappa shape index (κ1) is 13.5. The molecular weight excluding hydrogens is 290 g/mol. The molecule has 0 amide bonds. The fourth-order valence-corrected chi connectivity index (χ4v) is 4.25. The predicted molar refractivity (Wildman–Crippen MR) is 83.9 cm³/mol. The van der Waals surface area contributed by atoms with Gasteiger partial charge in [-0.15, -0.1) is 22.7 Å². The molecule has 104 valence electrons. The van der Waals surface area contributed by atoms with E-state index >= 15 is 0 Å². The van der Waals surface area contributed by atoms with E-state index < -0.39 is 0 Å². The van der Waals surface area contributed by atoms with Crippen LogP contribution in [0.4, 0.5) is 5.00 Å². The number of aliphatic imine (C=N–C) groups is 1. The predicted octanol–water partition coefficient (Wildman–Crippen LogP) is 4.23. The molecule has 0 atom stereocenters. The lowest BCUT2D eigenvalue weighted by molar-refractivity contribution is 0.0601. The number of esters is 1. The zero-order valence-corrected chi connectivity index (χ0v) is 12.9. The highest BCUT2D eigenvalue weighted by atomic mass is 32.1. The first-order valence-corrected chi connectivity index (χ1v) is 8.29. The van der Waals surface area contributed by atoms with E-state index in [1.54, 1.807) is 22.7 Å².